The molecule has 0 bridgehead atoms. The minimum atomic E-state index is -1.18. The maximum absolute atomic E-state index is 11.1. The fraction of sp³-hybridized carbons (Fsp3) is 0.714. The van der Waals surface area contributed by atoms with Gasteiger partial charge in [0.05, 0.1) is 0 Å². The lowest BCUT2D eigenvalue weighted by molar-refractivity contribution is -0.145. The molecule has 0 fully saturated rings. The third-order valence-corrected chi connectivity index (χ3v) is 1.49. The van der Waals surface area contributed by atoms with Gasteiger partial charge in [0, 0.05) is 5.82 Å². The van der Waals surface area contributed by atoms with E-state index in [1.54, 1.807) is 14.8 Å². The van der Waals surface area contributed by atoms with E-state index in [2.05, 4.69) is 5.32 Å². The molecule has 0 heterocycles. The van der Waals surface area contributed by atoms with Crippen LogP contribution in [-0.4, -0.2) is 30.4 Å². The Bertz CT molecular complexity index is 201. The quantitative estimate of drug-likeness (QED) is 0.557. The summed E-state index contributed by atoms with van der Waals surface area (Å²) in [5, 5.41) is 11.1. The van der Waals surface area contributed by atoms with Crippen molar-refractivity contribution in [1.29, 1.82) is 0 Å². The van der Waals surface area contributed by atoms with Gasteiger partial charge in [-0.25, -0.2) is 4.79 Å². The molecular formula is C7H14BNO3. The number of carboxylic acids is 1. The lowest BCUT2D eigenvalue weighted by Gasteiger charge is -2.22. The van der Waals surface area contributed by atoms with Gasteiger partial charge < -0.3 is 10.4 Å². The van der Waals surface area contributed by atoms with Crippen molar-refractivity contribution in [2.75, 3.05) is 0 Å². The fourth-order valence-electron chi connectivity index (χ4n) is 0.506. The average molecular weight is 171 g/mol. The van der Waals surface area contributed by atoms with Crippen molar-refractivity contribution in [2.45, 2.75) is 32.1 Å². The monoisotopic (exact) mass is 171 g/mol. The molecule has 0 radical (unpaired) electrons. The molecule has 1 atom stereocenters. The minimum absolute atomic E-state index is 0.191. The van der Waals surface area contributed by atoms with Crippen molar-refractivity contribution in [2.24, 2.45) is 0 Å². The van der Waals surface area contributed by atoms with Crippen LogP contribution < -0.4 is 5.32 Å². The zero-order valence-electron chi connectivity index (χ0n) is 7.84. The van der Waals surface area contributed by atoms with Gasteiger partial charge in [-0.1, -0.05) is 6.92 Å². The maximum atomic E-state index is 11.1. The second-order valence-electron chi connectivity index (χ2n) is 3.57. The first-order valence-corrected chi connectivity index (χ1v) is 3.83. The molecule has 0 aromatic carbocycles. The summed E-state index contributed by atoms with van der Waals surface area (Å²) in [4.78, 5) is 21.7. The summed E-state index contributed by atoms with van der Waals surface area (Å²) in [7, 11) is 1.72. The number of amides is 1. The first-order chi connectivity index (χ1) is 5.27. The van der Waals surface area contributed by atoms with Crippen LogP contribution in [0, 0.1) is 0 Å². The highest BCUT2D eigenvalue weighted by atomic mass is 16.4. The summed E-state index contributed by atoms with van der Waals surface area (Å²) < 4.78 is 0. The third-order valence-electron chi connectivity index (χ3n) is 1.49. The van der Waals surface area contributed by atoms with Gasteiger partial charge in [0.25, 0.3) is 0 Å². The molecule has 5 heteroatoms. The van der Waals surface area contributed by atoms with Gasteiger partial charge in [-0.3, -0.25) is 4.79 Å². The zero-order chi connectivity index (χ0) is 9.94. The summed E-state index contributed by atoms with van der Waals surface area (Å²) in [6, 6.07) is 0. The van der Waals surface area contributed by atoms with Crippen molar-refractivity contribution >= 4 is 19.7 Å². The molecule has 12 heavy (non-hydrogen) atoms. The fourth-order valence-corrected chi connectivity index (χ4v) is 0.506. The van der Waals surface area contributed by atoms with Gasteiger partial charge in [0.1, 0.15) is 13.4 Å². The first kappa shape index (κ1) is 11.0. The summed E-state index contributed by atoms with van der Waals surface area (Å²) in [6.45, 7) is 4.62. The lowest BCUT2D eigenvalue weighted by Crippen LogP contribution is -2.50. The SMILES string of the molecule is BC(C)C(=O)NC(C)(C)C(=O)O. The van der Waals surface area contributed by atoms with Gasteiger partial charge >= 0.3 is 5.97 Å². The predicted molar refractivity (Wildman–Crippen MR) is 47.8 cm³/mol. The van der Waals surface area contributed by atoms with Crippen molar-refractivity contribution in [1.82, 2.24) is 5.32 Å². The summed E-state index contributed by atoms with van der Waals surface area (Å²) in [6.07, 6.45) is 0. The Morgan fingerprint density at radius 1 is 1.50 bits per heavy atom. The third kappa shape index (κ3) is 2.94. The van der Waals surface area contributed by atoms with Crippen LogP contribution in [0.2, 0.25) is 5.82 Å². The van der Waals surface area contributed by atoms with Crippen LogP contribution in [0.3, 0.4) is 0 Å². The Hall–Kier alpha value is -0.995. The molecule has 1 amide bonds. The van der Waals surface area contributed by atoms with Gasteiger partial charge in [0.15, 0.2) is 0 Å². The second-order valence-corrected chi connectivity index (χ2v) is 3.57. The average Bonchev–Trinajstić information content (AvgIpc) is 1.85. The molecule has 0 aromatic rings. The first-order valence-electron chi connectivity index (χ1n) is 3.83. The van der Waals surface area contributed by atoms with Crippen LogP contribution in [0.1, 0.15) is 20.8 Å². The van der Waals surface area contributed by atoms with Crippen LogP contribution in [0.25, 0.3) is 0 Å². The van der Waals surface area contributed by atoms with E-state index in [0.29, 0.717) is 0 Å². The van der Waals surface area contributed by atoms with Crippen LogP contribution in [0.4, 0.5) is 0 Å². The van der Waals surface area contributed by atoms with Crippen molar-refractivity contribution in [3.8, 4) is 0 Å². The number of rotatable bonds is 3. The predicted octanol–water partition coefficient (Wildman–Crippen LogP) is -0.593. The van der Waals surface area contributed by atoms with Crippen LogP contribution in [0.5, 0.6) is 0 Å². The highest BCUT2D eigenvalue weighted by molar-refractivity contribution is 6.23. The molecule has 0 spiro atoms. The largest absolute Gasteiger partial charge is 0.480 e. The van der Waals surface area contributed by atoms with Gasteiger partial charge in [-0.15, -0.1) is 0 Å². The van der Waals surface area contributed by atoms with Gasteiger partial charge in [-0.05, 0) is 13.8 Å². The van der Waals surface area contributed by atoms with Crippen LogP contribution in [-0.2, 0) is 9.59 Å². The van der Waals surface area contributed by atoms with E-state index in [4.69, 9.17) is 5.11 Å². The Kier molecular flexibility index (Phi) is 3.30. The molecule has 0 rings (SSSR count). The van der Waals surface area contributed by atoms with Crippen molar-refractivity contribution in [3.63, 3.8) is 0 Å². The van der Waals surface area contributed by atoms with Gasteiger partial charge in [-0.2, -0.15) is 0 Å². The van der Waals surface area contributed by atoms with E-state index < -0.39 is 11.5 Å². The van der Waals surface area contributed by atoms with Gasteiger partial charge in [0.2, 0.25) is 5.91 Å². The summed E-state index contributed by atoms with van der Waals surface area (Å²) in [5.74, 6) is -1.47. The van der Waals surface area contributed by atoms with E-state index in [0.717, 1.165) is 0 Å². The minimum Gasteiger partial charge on any atom is -0.480 e. The second kappa shape index (κ2) is 3.60. The molecule has 4 nitrogen and oxygen atoms in total. The number of carbonyl (C=O) groups is 2. The standard InChI is InChI=1S/C7H14BNO3/c1-4(8)5(10)9-7(2,3)6(11)12/h4H,8H2,1-3H3,(H,9,10)(H,11,12). The number of carbonyl (C=O) groups excluding carboxylic acids is 1. The Morgan fingerprint density at radius 2 is 1.92 bits per heavy atom. The molecular weight excluding hydrogens is 157 g/mol. The Morgan fingerprint density at radius 3 is 2.17 bits per heavy atom. The van der Waals surface area contributed by atoms with Crippen LogP contribution in [0.15, 0.2) is 0 Å². The molecule has 0 aliphatic carbocycles. The highest BCUT2D eigenvalue weighted by Gasteiger charge is 2.29. The van der Waals surface area contributed by atoms with E-state index in [1.807, 2.05) is 0 Å². The summed E-state index contributed by atoms with van der Waals surface area (Å²) >= 11 is 0. The van der Waals surface area contributed by atoms with E-state index >= 15 is 0 Å². The van der Waals surface area contributed by atoms with Crippen molar-refractivity contribution < 1.29 is 14.7 Å². The maximum Gasteiger partial charge on any atom is 0.328 e. The van der Waals surface area contributed by atoms with Crippen LogP contribution >= 0.6 is 0 Å². The number of hydrogen-bond donors (Lipinski definition) is 2. The highest BCUT2D eigenvalue weighted by Crippen LogP contribution is 2.05. The number of nitrogens with one attached hydrogen (secondary N) is 1. The number of hydrogen-bond acceptors (Lipinski definition) is 2. The molecule has 0 aliphatic rings. The smallest absolute Gasteiger partial charge is 0.328 e. The molecule has 68 valence electrons. The van der Waals surface area contributed by atoms with Crippen molar-refractivity contribution in [3.05, 3.63) is 0 Å². The molecule has 1 unspecified atom stereocenters. The van der Waals surface area contributed by atoms with E-state index in [1.165, 1.54) is 13.8 Å². The van der Waals surface area contributed by atoms with E-state index in [-0.39, 0.29) is 11.7 Å². The Labute approximate surface area is 72.7 Å². The normalized spacial score (nSPS) is 13.6. The number of aliphatic carboxylic acids is 1. The molecule has 0 saturated heterocycles. The molecule has 0 aliphatic heterocycles. The zero-order valence-corrected chi connectivity index (χ0v) is 7.84. The number of carboxylic acid groups (broad SMARTS) is 1. The lowest BCUT2D eigenvalue weighted by atomic mass is 9.88. The topological polar surface area (TPSA) is 66.4 Å². The van der Waals surface area contributed by atoms with E-state index in [9.17, 15) is 9.59 Å². The Balaban J connectivity index is 4.25. The molecule has 0 saturated carbocycles. The summed E-state index contributed by atoms with van der Waals surface area (Å²) in [5.41, 5.74) is -1.18. The molecule has 2 N–H and O–H groups in total. The molecule has 0 aromatic heterocycles.